The van der Waals surface area contributed by atoms with Crippen LogP contribution in [-0.2, 0) is 0 Å². The third kappa shape index (κ3) is 1.85. The van der Waals surface area contributed by atoms with Crippen LogP contribution in [-0.4, -0.2) is 14.1 Å². The molecule has 0 atom stereocenters. The Morgan fingerprint density at radius 2 is 1.69 bits per heavy atom. The van der Waals surface area contributed by atoms with Gasteiger partial charge in [-0.1, -0.05) is 39.0 Å². The zero-order valence-electron chi connectivity index (χ0n) is 9.42. The molecule has 2 nitrogen and oxygen atoms in total. The lowest BCUT2D eigenvalue weighted by molar-refractivity contribution is 0.395. The van der Waals surface area contributed by atoms with Crippen molar-refractivity contribution in [1.29, 1.82) is 0 Å². The standard InChI is InChI=1S/C10H21NOSi/c1-10(2,3)13(4,5)9-6-8(7-9)11-12/h8-9H,6-7H2,1-5H3. The van der Waals surface area contributed by atoms with Crippen LogP contribution in [0.15, 0.2) is 5.18 Å². The van der Waals surface area contributed by atoms with Crippen LogP contribution in [0.3, 0.4) is 0 Å². The lowest BCUT2D eigenvalue weighted by Crippen LogP contribution is -2.48. The number of rotatable bonds is 2. The largest absolute Gasteiger partial charge is 0.151 e. The molecule has 0 aromatic rings. The Hall–Kier alpha value is -0.183. The topological polar surface area (TPSA) is 29.4 Å². The van der Waals surface area contributed by atoms with Crippen molar-refractivity contribution in [1.82, 2.24) is 0 Å². The summed E-state index contributed by atoms with van der Waals surface area (Å²) >= 11 is 0. The molecule has 3 heteroatoms. The second-order valence-corrected chi connectivity index (χ2v) is 11.7. The Morgan fingerprint density at radius 3 is 2.00 bits per heavy atom. The Labute approximate surface area is 82.1 Å². The van der Waals surface area contributed by atoms with Crippen LogP contribution in [0.25, 0.3) is 0 Å². The van der Waals surface area contributed by atoms with E-state index in [9.17, 15) is 4.91 Å². The number of hydrogen-bond acceptors (Lipinski definition) is 2. The van der Waals surface area contributed by atoms with E-state index >= 15 is 0 Å². The molecule has 1 rings (SSSR count). The van der Waals surface area contributed by atoms with Crippen molar-refractivity contribution in [3.8, 4) is 0 Å². The summed E-state index contributed by atoms with van der Waals surface area (Å²) in [6, 6.07) is 0.138. The van der Waals surface area contributed by atoms with Gasteiger partial charge in [-0.2, -0.15) is 4.91 Å². The molecule has 1 aliphatic rings. The molecule has 0 unspecified atom stereocenters. The maximum atomic E-state index is 10.3. The maximum Gasteiger partial charge on any atom is 0.0919 e. The molecule has 0 spiro atoms. The van der Waals surface area contributed by atoms with E-state index in [1.54, 1.807) is 0 Å². The average molecular weight is 199 g/mol. The van der Waals surface area contributed by atoms with Crippen LogP contribution >= 0.6 is 0 Å². The monoisotopic (exact) mass is 199 g/mol. The van der Waals surface area contributed by atoms with Gasteiger partial charge in [0.1, 0.15) is 0 Å². The minimum absolute atomic E-state index is 0.138. The first-order valence-corrected chi connectivity index (χ1v) is 8.19. The maximum absolute atomic E-state index is 10.3. The lowest BCUT2D eigenvalue weighted by atomic mass is 9.93. The van der Waals surface area contributed by atoms with Gasteiger partial charge < -0.3 is 0 Å². The highest BCUT2D eigenvalue weighted by atomic mass is 28.3. The van der Waals surface area contributed by atoms with Gasteiger partial charge in [0, 0.05) is 0 Å². The fourth-order valence-corrected chi connectivity index (χ4v) is 4.82. The summed E-state index contributed by atoms with van der Waals surface area (Å²) < 4.78 is 0. The molecule has 13 heavy (non-hydrogen) atoms. The van der Waals surface area contributed by atoms with Crippen LogP contribution in [0.2, 0.25) is 23.7 Å². The molecule has 0 heterocycles. The second-order valence-electron chi connectivity index (χ2n) is 5.90. The van der Waals surface area contributed by atoms with E-state index < -0.39 is 8.07 Å². The van der Waals surface area contributed by atoms with E-state index in [4.69, 9.17) is 0 Å². The molecule has 0 N–H and O–H groups in total. The van der Waals surface area contributed by atoms with E-state index in [1.165, 1.54) is 0 Å². The first-order chi connectivity index (χ1) is 5.79. The highest BCUT2D eigenvalue weighted by molar-refractivity contribution is 6.81. The van der Waals surface area contributed by atoms with Crippen LogP contribution in [0, 0.1) is 4.91 Å². The molecule has 0 aromatic carbocycles. The van der Waals surface area contributed by atoms with Crippen molar-refractivity contribution < 1.29 is 0 Å². The third-order valence-electron chi connectivity index (χ3n) is 4.22. The molecule has 1 aliphatic carbocycles. The molecule has 0 aromatic heterocycles. The van der Waals surface area contributed by atoms with Crippen LogP contribution < -0.4 is 0 Å². The highest BCUT2D eigenvalue weighted by Gasteiger charge is 2.48. The molecule has 0 radical (unpaired) electrons. The highest BCUT2D eigenvalue weighted by Crippen LogP contribution is 2.52. The molecule has 0 amide bonds. The van der Waals surface area contributed by atoms with E-state index in [2.05, 4.69) is 39.0 Å². The minimum Gasteiger partial charge on any atom is -0.151 e. The van der Waals surface area contributed by atoms with Crippen molar-refractivity contribution in [3.05, 3.63) is 4.91 Å². The van der Waals surface area contributed by atoms with E-state index in [-0.39, 0.29) is 6.04 Å². The van der Waals surface area contributed by atoms with Crippen LogP contribution in [0.5, 0.6) is 0 Å². The van der Waals surface area contributed by atoms with Gasteiger partial charge in [0.15, 0.2) is 0 Å². The van der Waals surface area contributed by atoms with Crippen molar-refractivity contribution in [3.63, 3.8) is 0 Å². The smallest absolute Gasteiger partial charge is 0.0919 e. The van der Waals surface area contributed by atoms with Crippen molar-refractivity contribution in [2.75, 3.05) is 0 Å². The molecular formula is C10H21NOSi. The summed E-state index contributed by atoms with van der Waals surface area (Å²) in [5.74, 6) is 0. The molecule has 0 aliphatic heterocycles. The summed E-state index contributed by atoms with van der Waals surface area (Å²) in [5.41, 5.74) is 0.815. The predicted octanol–water partition coefficient (Wildman–Crippen LogP) is 3.79. The number of nitrogens with zero attached hydrogens (tertiary/aromatic N) is 1. The summed E-state index contributed by atoms with van der Waals surface area (Å²) in [4.78, 5) is 10.3. The Kier molecular flexibility index (Phi) is 2.67. The quantitative estimate of drug-likeness (QED) is 0.491. The summed E-state index contributed by atoms with van der Waals surface area (Å²) in [6.45, 7) is 11.9. The zero-order valence-corrected chi connectivity index (χ0v) is 10.4. The third-order valence-corrected chi connectivity index (χ3v) is 10.6. The normalized spacial score (nSPS) is 29.6. The first kappa shape index (κ1) is 10.9. The SMILES string of the molecule is CC(C)(C)[Si](C)(C)C1CC(N=O)C1. The number of nitroso groups, excluding NO2 is 1. The minimum atomic E-state index is -1.18. The van der Waals surface area contributed by atoms with Gasteiger partial charge in [0.05, 0.1) is 14.1 Å². The second kappa shape index (κ2) is 3.19. The average Bonchev–Trinajstić information content (AvgIpc) is 1.81. The van der Waals surface area contributed by atoms with Gasteiger partial charge >= 0.3 is 0 Å². The molecule has 76 valence electrons. The fourth-order valence-electron chi connectivity index (χ4n) is 1.88. The summed E-state index contributed by atoms with van der Waals surface area (Å²) in [6.07, 6.45) is 2.11. The van der Waals surface area contributed by atoms with Gasteiger partial charge in [-0.25, -0.2) is 0 Å². The molecule has 0 bridgehead atoms. The van der Waals surface area contributed by atoms with E-state index in [0.29, 0.717) is 5.04 Å². The van der Waals surface area contributed by atoms with Crippen LogP contribution in [0.4, 0.5) is 0 Å². The summed E-state index contributed by atoms with van der Waals surface area (Å²) in [7, 11) is -1.18. The zero-order chi connectivity index (χ0) is 10.3. The molecular weight excluding hydrogens is 178 g/mol. The Balaban J connectivity index is 2.59. The van der Waals surface area contributed by atoms with Gasteiger partial charge in [-0.15, -0.1) is 0 Å². The molecule has 0 saturated heterocycles. The van der Waals surface area contributed by atoms with Crippen molar-refractivity contribution >= 4 is 8.07 Å². The van der Waals surface area contributed by atoms with Gasteiger partial charge in [-0.05, 0) is 23.4 Å². The summed E-state index contributed by atoms with van der Waals surface area (Å²) in [5, 5.41) is 3.56. The van der Waals surface area contributed by atoms with Gasteiger partial charge in [0.25, 0.3) is 0 Å². The predicted molar refractivity (Wildman–Crippen MR) is 59.8 cm³/mol. The first-order valence-electron chi connectivity index (χ1n) is 5.11. The van der Waals surface area contributed by atoms with Gasteiger partial charge in [0.2, 0.25) is 0 Å². The fraction of sp³-hybridized carbons (Fsp3) is 1.00. The molecule has 1 fully saturated rings. The van der Waals surface area contributed by atoms with E-state index in [0.717, 1.165) is 18.4 Å². The molecule has 1 saturated carbocycles. The van der Waals surface area contributed by atoms with E-state index in [1.807, 2.05) is 0 Å². The number of hydrogen-bond donors (Lipinski definition) is 0. The Morgan fingerprint density at radius 1 is 1.23 bits per heavy atom. The van der Waals surface area contributed by atoms with Gasteiger partial charge in [-0.3, -0.25) is 0 Å². The lowest BCUT2D eigenvalue weighted by Gasteiger charge is -2.48. The Bertz CT molecular complexity index is 201. The van der Waals surface area contributed by atoms with Crippen molar-refractivity contribution in [2.24, 2.45) is 5.18 Å². The van der Waals surface area contributed by atoms with Crippen LogP contribution in [0.1, 0.15) is 33.6 Å². The van der Waals surface area contributed by atoms with Crippen molar-refractivity contribution in [2.45, 2.75) is 63.3 Å².